The van der Waals surface area contributed by atoms with Crippen molar-refractivity contribution in [1.82, 2.24) is 5.32 Å². The molecule has 9 heteroatoms. The number of halogens is 2. The lowest BCUT2D eigenvalue weighted by Gasteiger charge is -2.08. The van der Waals surface area contributed by atoms with Crippen molar-refractivity contribution in [1.29, 1.82) is 0 Å². The topological polar surface area (TPSA) is 92.3 Å². The first-order chi connectivity index (χ1) is 11.7. The number of hydrogen-bond donors (Lipinski definition) is 2. The first-order valence-corrected chi connectivity index (χ1v) is 9.27. The molecule has 6 nitrogen and oxygen atoms in total. The van der Waals surface area contributed by atoms with E-state index in [4.69, 9.17) is 11.6 Å². The summed E-state index contributed by atoms with van der Waals surface area (Å²) in [6, 6.07) is 9.14. The summed E-state index contributed by atoms with van der Waals surface area (Å²) in [5, 5.41) is 4.68. The molecule has 0 aliphatic rings. The monoisotopic (exact) mass is 384 g/mol. The predicted molar refractivity (Wildman–Crippen MR) is 91.9 cm³/mol. The standard InChI is InChI=1S/C16H14ClFN2O4S/c1-25(23,24)12-4-2-3-10(7-12)16(22)19-9-15(21)20-11-5-6-14(18)13(17)8-11/h2-8H,9H2,1H3,(H,19,22)(H,20,21). The number of rotatable bonds is 5. The van der Waals surface area contributed by atoms with E-state index < -0.39 is 27.5 Å². The van der Waals surface area contributed by atoms with Gasteiger partial charge in [0.15, 0.2) is 9.84 Å². The van der Waals surface area contributed by atoms with E-state index in [2.05, 4.69) is 10.6 Å². The smallest absolute Gasteiger partial charge is 0.251 e. The Morgan fingerprint density at radius 2 is 1.88 bits per heavy atom. The second-order valence-electron chi connectivity index (χ2n) is 5.16. The molecular formula is C16H14ClFN2O4S. The van der Waals surface area contributed by atoms with Crippen LogP contribution in [0, 0.1) is 5.82 Å². The van der Waals surface area contributed by atoms with E-state index in [0.29, 0.717) is 0 Å². The minimum atomic E-state index is -3.44. The van der Waals surface area contributed by atoms with Gasteiger partial charge in [-0.2, -0.15) is 0 Å². The summed E-state index contributed by atoms with van der Waals surface area (Å²) < 4.78 is 36.0. The van der Waals surface area contributed by atoms with Crippen LogP contribution in [0.5, 0.6) is 0 Å². The molecule has 2 N–H and O–H groups in total. The third-order valence-electron chi connectivity index (χ3n) is 3.14. The number of amides is 2. The molecule has 0 heterocycles. The Bertz CT molecular complexity index is 931. The Kier molecular flexibility index (Phi) is 5.76. The highest BCUT2D eigenvalue weighted by Crippen LogP contribution is 2.19. The predicted octanol–water partition coefficient (Wildman–Crippen LogP) is 2.25. The number of hydrogen-bond acceptors (Lipinski definition) is 4. The third kappa shape index (κ3) is 5.27. The van der Waals surface area contributed by atoms with Crippen molar-refractivity contribution in [3.63, 3.8) is 0 Å². The van der Waals surface area contributed by atoms with Crippen LogP contribution in [0.1, 0.15) is 10.4 Å². The van der Waals surface area contributed by atoms with Crippen LogP contribution >= 0.6 is 11.6 Å². The molecule has 0 aliphatic heterocycles. The van der Waals surface area contributed by atoms with Crippen LogP contribution in [-0.4, -0.2) is 33.0 Å². The van der Waals surface area contributed by atoms with Gasteiger partial charge in [0, 0.05) is 17.5 Å². The van der Waals surface area contributed by atoms with Crippen LogP contribution in [0.4, 0.5) is 10.1 Å². The summed E-state index contributed by atoms with van der Waals surface area (Å²) in [5.41, 5.74) is 0.394. The summed E-state index contributed by atoms with van der Waals surface area (Å²) >= 11 is 5.61. The second-order valence-corrected chi connectivity index (χ2v) is 7.58. The molecule has 0 unspecified atom stereocenters. The maximum atomic E-state index is 13.0. The van der Waals surface area contributed by atoms with E-state index in [1.165, 1.54) is 36.4 Å². The van der Waals surface area contributed by atoms with Crippen LogP contribution in [0.2, 0.25) is 5.02 Å². The molecule has 0 aliphatic carbocycles. The average Bonchev–Trinajstić information content (AvgIpc) is 2.55. The fourth-order valence-electron chi connectivity index (χ4n) is 1.91. The zero-order chi connectivity index (χ0) is 18.6. The molecule has 0 saturated carbocycles. The highest BCUT2D eigenvalue weighted by molar-refractivity contribution is 7.90. The number of carbonyl (C=O) groups excluding carboxylic acids is 2. The zero-order valence-corrected chi connectivity index (χ0v) is 14.6. The number of sulfone groups is 1. The first-order valence-electron chi connectivity index (χ1n) is 7.00. The second kappa shape index (κ2) is 7.62. The lowest BCUT2D eigenvalue weighted by molar-refractivity contribution is -0.115. The molecule has 2 aromatic carbocycles. The number of nitrogens with one attached hydrogen (secondary N) is 2. The minimum absolute atomic E-state index is 0.00514. The van der Waals surface area contributed by atoms with E-state index >= 15 is 0 Å². The molecule has 132 valence electrons. The first kappa shape index (κ1) is 18.9. The highest BCUT2D eigenvalue weighted by Gasteiger charge is 2.13. The summed E-state index contributed by atoms with van der Waals surface area (Å²) in [7, 11) is -3.44. The van der Waals surface area contributed by atoms with Gasteiger partial charge >= 0.3 is 0 Å². The van der Waals surface area contributed by atoms with Crippen LogP contribution in [-0.2, 0) is 14.6 Å². The Morgan fingerprint density at radius 3 is 2.52 bits per heavy atom. The molecule has 2 rings (SSSR count). The van der Waals surface area contributed by atoms with Gasteiger partial charge < -0.3 is 10.6 Å². The van der Waals surface area contributed by atoms with Gasteiger partial charge in [-0.05, 0) is 36.4 Å². The largest absolute Gasteiger partial charge is 0.343 e. The highest BCUT2D eigenvalue weighted by atomic mass is 35.5. The van der Waals surface area contributed by atoms with Crippen molar-refractivity contribution >= 4 is 38.9 Å². The van der Waals surface area contributed by atoms with Gasteiger partial charge in [0.05, 0.1) is 16.5 Å². The van der Waals surface area contributed by atoms with Crippen LogP contribution in [0.15, 0.2) is 47.4 Å². The normalized spacial score (nSPS) is 11.0. The van der Waals surface area contributed by atoms with Crippen molar-refractivity contribution in [2.45, 2.75) is 4.90 Å². The Balaban J connectivity index is 1.97. The fourth-order valence-corrected chi connectivity index (χ4v) is 2.76. The number of anilines is 1. The molecule has 0 bridgehead atoms. The van der Waals surface area contributed by atoms with Crippen molar-refractivity contribution in [2.24, 2.45) is 0 Å². The molecule has 0 atom stereocenters. The summed E-state index contributed by atoms with van der Waals surface area (Å²) in [5.74, 6) is -1.76. The molecule has 2 aromatic rings. The van der Waals surface area contributed by atoms with Gasteiger partial charge in [-0.3, -0.25) is 9.59 Å². The zero-order valence-electron chi connectivity index (χ0n) is 13.0. The van der Waals surface area contributed by atoms with Gasteiger partial charge in [-0.25, -0.2) is 12.8 Å². The van der Waals surface area contributed by atoms with Gasteiger partial charge in [0.2, 0.25) is 5.91 Å². The molecular weight excluding hydrogens is 371 g/mol. The quantitative estimate of drug-likeness (QED) is 0.827. The van der Waals surface area contributed by atoms with Crippen molar-refractivity contribution in [3.05, 3.63) is 58.9 Å². The summed E-state index contributed by atoms with van der Waals surface area (Å²) in [4.78, 5) is 23.8. The van der Waals surface area contributed by atoms with Crippen molar-refractivity contribution < 1.29 is 22.4 Å². The fraction of sp³-hybridized carbons (Fsp3) is 0.125. The van der Waals surface area contributed by atoms with Gasteiger partial charge in [-0.15, -0.1) is 0 Å². The lowest BCUT2D eigenvalue weighted by atomic mass is 10.2. The average molecular weight is 385 g/mol. The van der Waals surface area contributed by atoms with Crippen LogP contribution in [0.25, 0.3) is 0 Å². The molecule has 0 fully saturated rings. The Hall–Kier alpha value is -2.45. The Labute approximate surface area is 148 Å². The molecule has 2 amide bonds. The minimum Gasteiger partial charge on any atom is -0.343 e. The van der Waals surface area contributed by atoms with E-state index in [1.807, 2.05) is 0 Å². The van der Waals surface area contributed by atoms with Crippen molar-refractivity contribution in [2.75, 3.05) is 18.1 Å². The van der Waals surface area contributed by atoms with Gasteiger partial charge in [0.1, 0.15) is 5.82 Å². The van der Waals surface area contributed by atoms with Gasteiger partial charge in [-0.1, -0.05) is 17.7 Å². The molecule has 25 heavy (non-hydrogen) atoms. The molecule has 0 radical (unpaired) electrons. The third-order valence-corrected chi connectivity index (χ3v) is 4.54. The summed E-state index contributed by atoms with van der Waals surface area (Å²) in [6.45, 7) is -0.350. The maximum Gasteiger partial charge on any atom is 0.251 e. The summed E-state index contributed by atoms with van der Waals surface area (Å²) in [6.07, 6.45) is 1.03. The van der Waals surface area contributed by atoms with E-state index in [1.54, 1.807) is 0 Å². The molecule has 0 aromatic heterocycles. The van der Waals surface area contributed by atoms with E-state index in [-0.39, 0.29) is 27.7 Å². The van der Waals surface area contributed by atoms with Crippen LogP contribution in [0.3, 0.4) is 0 Å². The van der Waals surface area contributed by atoms with Crippen LogP contribution < -0.4 is 10.6 Å². The van der Waals surface area contributed by atoms with Crippen molar-refractivity contribution in [3.8, 4) is 0 Å². The van der Waals surface area contributed by atoms with E-state index in [9.17, 15) is 22.4 Å². The molecule has 0 saturated heterocycles. The Morgan fingerprint density at radius 1 is 1.16 bits per heavy atom. The van der Waals surface area contributed by atoms with Gasteiger partial charge in [0.25, 0.3) is 5.91 Å². The molecule has 0 spiro atoms. The lowest BCUT2D eigenvalue weighted by Crippen LogP contribution is -2.32. The number of carbonyl (C=O) groups is 2. The SMILES string of the molecule is CS(=O)(=O)c1cccc(C(=O)NCC(=O)Nc2ccc(F)c(Cl)c2)c1. The maximum absolute atomic E-state index is 13.0. The number of benzene rings is 2. The van der Waals surface area contributed by atoms with E-state index in [0.717, 1.165) is 12.3 Å².